The fourth-order valence-corrected chi connectivity index (χ4v) is 3.38. The first-order valence-corrected chi connectivity index (χ1v) is 7.88. The zero-order valence-electron chi connectivity index (χ0n) is 12.3. The number of hydrogen-bond acceptors (Lipinski definition) is 2. The van der Waals surface area contributed by atoms with Gasteiger partial charge in [0.15, 0.2) is 0 Å². The lowest BCUT2D eigenvalue weighted by Gasteiger charge is -2.36. The molecule has 1 aromatic carbocycles. The molecule has 1 saturated heterocycles. The average Bonchev–Trinajstić information content (AvgIpc) is 2.43. The van der Waals surface area contributed by atoms with Gasteiger partial charge in [0.25, 0.3) is 0 Å². The molecule has 0 bridgehead atoms. The van der Waals surface area contributed by atoms with Gasteiger partial charge in [0.1, 0.15) is 0 Å². The Morgan fingerprint density at radius 2 is 1.71 bits per heavy atom. The predicted octanol–water partition coefficient (Wildman–Crippen LogP) is 4.97. The minimum absolute atomic E-state index is 0. The van der Waals surface area contributed by atoms with Crippen molar-refractivity contribution in [1.82, 2.24) is 10.2 Å². The van der Waals surface area contributed by atoms with Crippen LogP contribution < -0.4 is 5.32 Å². The number of nitrogens with one attached hydrogen (secondary N) is 1. The first-order valence-electron chi connectivity index (χ1n) is 7.12. The van der Waals surface area contributed by atoms with Gasteiger partial charge in [-0.25, -0.2) is 0 Å². The van der Waals surface area contributed by atoms with E-state index in [0.717, 1.165) is 48.2 Å². The molecule has 6 heteroatoms. The quantitative estimate of drug-likeness (QED) is 0.783. The van der Waals surface area contributed by atoms with Gasteiger partial charge in [-0.05, 0) is 18.6 Å². The minimum Gasteiger partial charge on any atom is -0.314 e. The molecule has 1 aliphatic rings. The Labute approximate surface area is 150 Å². The van der Waals surface area contributed by atoms with Crippen LogP contribution in [0.4, 0.5) is 0 Å². The average molecular weight is 374 g/mol. The van der Waals surface area contributed by atoms with Crippen LogP contribution >= 0.6 is 48.0 Å². The third kappa shape index (κ3) is 5.78. The van der Waals surface area contributed by atoms with Crippen molar-refractivity contribution in [3.8, 4) is 0 Å². The van der Waals surface area contributed by atoms with E-state index in [2.05, 4.69) is 17.1 Å². The lowest BCUT2D eigenvalue weighted by atomic mass is 9.98. The summed E-state index contributed by atoms with van der Waals surface area (Å²) in [6, 6.07) is 6.17. The van der Waals surface area contributed by atoms with E-state index < -0.39 is 0 Å². The Kier molecular flexibility index (Phi) is 11.1. The summed E-state index contributed by atoms with van der Waals surface area (Å²) in [6.45, 7) is 6.45. The number of benzene rings is 1. The van der Waals surface area contributed by atoms with Gasteiger partial charge in [-0.1, -0.05) is 49.0 Å². The van der Waals surface area contributed by atoms with Gasteiger partial charge in [0, 0.05) is 47.8 Å². The molecule has 1 heterocycles. The molecule has 2 nitrogen and oxygen atoms in total. The predicted molar refractivity (Wildman–Crippen MR) is 97.7 cm³/mol. The standard InChI is InChI=1S/C15H22Cl2N2.2ClH/c1-2-3-7-14(19-10-8-18-9-11-19)15-12(16)5-4-6-13(15)17;;/h4-6,14,18H,2-3,7-11H2,1H3;2*1H/t14-;;/m1../s1. The molecule has 2 rings (SSSR count). The van der Waals surface area contributed by atoms with Gasteiger partial charge >= 0.3 is 0 Å². The van der Waals surface area contributed by atoms with E-state index in [0.29, 0.717) is 6.04 Å². The smallest absolute Gasteiger partial charge is 0.0468 e. The van der Waals surface area contributed by atoms with E-state index in [-0.39, 0.29) is 24.8 Å². The maximum Gasteiger partial charge on any atom is 0.0468 e. The Bertz CT molecular complexity index is 388. The van der Waals surface area contributed by atoms with Gasteiger partial charge < -0.3 is 5.32 Å². The van der Waals surface area contributed by atoms with Crippen molar-refractivity contribution in [2.75, 3.05) is 26.2 Å². The molecule has 1 fully saturated rings. The molecule has 21 heavy (non-hydrogen) atoms. The summed E-state index contributed by atoms with van der Waals surface area (Å²) in [6.07, 6.45) is 3.53. The monoisotopic (exact) mass is 372 g/mol. The highest BCUT2D eigenvalue weighted by Gasteiger charge is 2.25. The number of hydrogen-bond donors (Lipinski definition) is 1. The van der Waals surface area contributed by atoms with Gasteiger partial charge in [-0.15, -0.1) is 24.8 Å². The van der Waals surface area contributed by atoms with Gasteiger partial charge in [-0.3, -0.25) is 4.90 Å². The van der Waals surface area contributed by atoms with Crippen LogP contribution in [0, 0.1) is 0 Å². The fraction of sp³-hybridized carbons (Fsp3) is 0.600. The molecule has 0 radical (unpaired) electrons. The number of unbranched alkanes of at least 4 members (excludes halogenated alkanes) is 1. The molecule has 1 N–H and O–H groups in total. The third-order valence-corrected chi connectivity index (χ3v) is 4.42. The molecule has 0 aliphatic carbocycles. The summed E-state index contributed by atoms with van der Waals surface area (Å²) in [4.78, 5) is 2.51. The maximum absolute atomic E-state index is 6.40. The summed E-state index contributed by atoms with van der Waals surface area (Å²) in [5.41, 5.74) is 1.11. The molecule has 0 unspecified atom stereocenters. The van der Waals surface area contributed by atoms with E-state index in [1.54, 1.807) is 0 Å². The summed E-state index contributed by atoms with van der Waals surface area (Å²) in [5, 5.41) is 5.00. The van der Waals surface area contributed by atoms with Crippen LogP contribution in [0.25, 0.3) is 0 Å². The summed E-state index contributed by atoms with van der Waals surface area (Å²) >= 11 is 12.8. The normalized spacial score (nSPS) is 16.7. The van der Waals surface area contributed by atoms with Crippen molar-refractivity contribution in [1.29, 1.82) is 0 Å². The zero-order chi connectivity index (χ0) is 13.7. The first kappa shape index (κ1) is 21.3. The van der Waals surface area contributed by atoms with E-state index in [1.807, 2.05) is 18.2 Å². The molecular weight excluding hydrogens is 350 g/mol. The molecule has 1 aliphatic heterocycles. The van der Waals surface area contributed by atoms with Crippen molar-refractivity contribution in [2.24, 2.45) is 0 Å². The Morgan fingerprint density at radius 1 is 1.14 bits per heavy atom. The van der Waals surface area contributed by atoms with Crippen LogP contribution in [-0.4, -0.2) is 31.1 Å². The number of halogens is 4. The highest BCUT2D eigenvalue weighted by molar-refractivity contribution is 6.36. The highest BCUT2D eigenvalue weighted by atomic mass is 35.5. The van der Waals surface area contributed by atoms with Crippen molar-refractivity contribution in [2.45, 2.75) is 32.2 Å². The topological polar surface area (TPSA) is 15.3 Å². The Morgan fingerprint density at radius 3 is 2.24 bits per heavy atom. The lowest BCUT2D eigenvalue weighted by Crippen LogP contribution is -2.45. The molecule has 0 aromatic heterocycles. The summed E-state index contributed by atoms with van der Waals surface area (Å²) in [7, 11) is 0. The van der Waals surface area contributed by atoms with Gasteiger partial charge in [-0.2, -0.15) is 0 Å². The van der Waals surface area contributed by atoms with Gasteiger partial charge in [0.05, 0.1) is 0 Å². The number of rotatable bonds is 5. The number of piperazine rings is 1. The third-order valence-electron chi connectivity index (χ3n) is 3.76. The summed E-state index contributed by atoms with van der Waals surface area (Å²) < 4.78 is 0. The van der Waals surface area contributed by atoms with Crippen LogP contribution in [0.1, 0.15) is 37.8 Å². The van der Waals surface area contributed by atoms with Crippen molar-refractivity contribution in [3.05, 3.63) is 33.8 Å². The fourth-order valence-electron chi connectivity index (χ4n) is 2.73. The molecule has 0 saturated carbocycles. The maximum atomic E-state index is 6.40. The molecule has 0 amide bonds. The second-order valence-electron chi connectivity index (χ2n) is 5.08. The van der Waals surface area contributed by atoms with E-state index in [1.165, 1.54) is 12.8 Å². The highest BCUT2D eigenvalue weighted by Crippen LogP contribution is 2.36. The van der Waals surface area contributed by atoms with Crippen LogP contribution in [0.15, 0.2) is 18.2 Å². The van der Waals surface area contributed by atoms with Crippen LogP contribution in [0.2, 0.25) is 10.0 Å². The van der Waals surface area contributed by atoms with E-state index in [9.17, 15) is 0 Å². The second-order valence-corrected chi connectivity index (χ2v) is 5.89. The molecule has 122 valence electrons. The van der Waals surface area contributed by atoms with Crippen molar-refractivity contribution >= 4 is 48.0 Å². The van der Waals surface area contributed by atoms with E-state index >= 15 is 0 Å². The minimum atomic E-state index is 0. The molecule has 0 spiro atoms. The number of nitrogens with zero attached hydrogens (tertiary/aromatic N) is 1. The Balaban J connectivity index is 0.00000200. The van der Waals surface area contributed by atoms with Crippen LogP contribution in [0.5, 0.6) is 0 Å². The zero-order valence-corrected chi connectivity index (χ0v) is 15.4. The van der Waals surface area contributed by atoms with Crippen molar-refractivity contribution in [3.63, 3.8) is 0 Å². The summed E-state index contributed by atoms with van der Waals surface area (Å²) in [5.74, 6) is 0. The van der Waals surface area contributed by atoms with Gasteiger partial charge in [0.2, 0.25) is 0 Å². The van der Waals surface area contributed by atoms with Crippen molar-refractivity contribution < 1.29 is 0 Å². The second kappa shape index (κ2) is 10.9. The SMILES string of the molecule is CCCC[C@H](c1c(Cl)cccc1Cl)N1CCNCC1.Cl.Cl. The molecular formula is C15H24Cl4N2. The lowest BCUT2D eigenvalue weighted by molar-refractivity contribution is 0.163. The molecule has 1 atom stereocenters. The van der Waals surface area contributed by atoms with Crippen LogP contribution in [0.3, 0.4) is 0 Å². The largest absolute Gasteiger partial charge is 0.314 e. The Hall–Kier alpha value is 0.300. The van der Waals surface area contributed by atoms with E-state index in [4.69, 9.17) is 23.2 Å². The first-order chi connectivity index (χ1) is 9.24. The molecule has 1 aromatic rings. The van der Waals surface area contributed by atoms with Crippen LogP contribution in [-0.2, 0) is 0 Å².